The number of halogens is 1. The van der Waals surface area contributed by atoms with Crippen LogP contribution in [0.2, 0.25) is 0 Å². The molecule has 2 aromatic rings. The van der Waals surface area contributed by atoms with Crippen LogP contribution >= 0.6 is 24.0 Å². The minimum absolute atomic E-state index is 0. The molecule has 1 N–H and O–H groups in total. The number of benzene rings is 1. The molecular weight excluding hydrogens is 505 g/mol. The minimum atomic E-state index is 0. The van der Waals surface area contributed by atoms with E-state index in [1.165, 1.54) is 11.1 Å². The number of likely N-dealkylation sites (tertiary alicyclic amines) is 1. The van der Waals surface area contributed by atoms with E-state index in [9.17, 15) is 0 Å². The van der Waals surface area contributed by atoms with Crippen molar-refractivity contribution in [2.45, 2.75) is 39.5 Å². The molecule has 2 unspecified atom stereocenters. The van der Waals surface area contributed by atoms with Gasteiger partial charge in [-0.1, -0.05) is 31.2 Å². The Morgan fingerprint density at radius 1 is 1.26 bits per heavy atom. The van der Waals surface area contributed by atoms with Crippen molar-refractivity contribution in [3.63, 3.8) is 0 Å². The molecule has 1 aromatic carbocycles. The molecule has 0 saturated carbocycles. The molecule has 3 rings (SSSR count). The summed E-state index contributed by atoms with van der Waals surface area (Å²) in [6, 6.07) is 8.92. The number of nitrogens with zero attached hydrogens (tertiary/aromatic N) is 4. The van der Waals surface area contributed by atoms with Crippen LogP contribution < -0.4 is 5.32 Å². The van der Waals surface area contributed by atoms with Gasteiger partial charge in [0.2, 0.25) is 0 Å². The third-order valence-corrected chi connectivity index (χ3v) is 5.62. The molecule has 0 bridgehead atoms. The van der Waals surface area contributed by atoms with E-state index in [1.807, 2.05) is 26.5 Å². The number of hydrogen-bond acceptors (Lipinski definition) is 4. The van der Waals surface area contributed by atoms with Gasteiger partial charge in [-0.05, 0) is 30.4 Å². The Morgan fingerprint density at radius 3 is 2.81 bits per heavy atom. The van der Waals surface area contributed by atoms with Gasteiger partial charge < -0.3 is 24.3 Å². The third-order valence-electron chi connectivity index (χ3n) is 5.62. The lowest BCUT2D eigenvalue weighted by Crippen LogP contribution is -2.48. The van der Waals surface area contributed by atoms with Gasteiger partial charge in [0, 0.05) is 45.7 Å². The third kappa shape index (κ3) is 7.76. The molecule has 2 atom stereocenters. The highest BCUT2D eigenvalue weighted by molar-refractivity contribution is 14.0. The van der Waals surface area contributed by atoms with Crippen LogP contribution in [0.25, 0.3) is 0 Å². The smallest absolute Gasteiger partial charge is 0.193 e. The van der Waals surface area contributed by atoms with Crippen LogP contribution in [0.5, 0.6) is 0 Å². The van der Waals surface area contributed by atoms with Gasteiger partial charge in [-0.25, -0.2) is 4.98 Å². The molecule has 0 aliphatic carbocycles. The second-order valence-electron chi connectivity index (χ2n) is 7.76. The van der Waals surface area contributed by atoms with Crippen molar-refractivity contribution in [2.24, 2.45) is 10.9 Å². The number of guanidine groups is 1. The fraction of sp³-hybridized carbons (Fsp3) is 0.565. The second-order valence-corrected chi connectivity index (χ2v) is 7.76. The van der Waals surface area contributed by atoms with Crippen molar-refractivity contribution in [1.82, 2.24) is 19.8 Å². The average Bonchev–Trinajstić information content (AvgIpc) is 3.30. The maximum atomic E-state index is 5.69. The molecule has 0 radical (unpaired) electrons. The predicted octanol–water partition coefficient (Wildman–Crippen LogP) is 3.71. The normalized spacial score (nSPS) is 19.2. The van der Waals surface area contributed by atoms with E-state index in [-0.39, 0.29) is 24.0 Å². The summed E-state index contributed by atoms with van der Waals surface area (Å²) in [5.74, 6) is 1.57. The molecule has 1 aliphatic rings. The number of aliphatic imine (C=N–C) groups is 1. The lowest BCUT2D eigenvalue weighted by molar-refractivity contribution is 0.0453. The molecule has 1 fully saturated rings. The minimum Gasteiger partial charge on any atom is -0.379 e. The van der Waals surface area contributed by atoms with Gasteiger partial charge in [-0.2, -0.15) is 0 Å². The Balaban J connectivity index is 0.00000341. The average molecular weight is 541 g/mol. The fourth-order valence-corrected chi connectivity index (χ4v) is 3.89. The molecule has 1 aromatic heterocycles. The van der Waals surface area contributed by atoms with Crippen LogP contribution in [0.4, 0.5) is 0 Å². The Hall–Kier alpha value is -1.65. The SMILES string of the molecule is CCOCCOCc1cccc(CNC(=NC)N2CCC(C)C(n3ccnc3)C2)c1.I. The highest BCUT2D eigenvalue weighted by atomic mass is 127. The zero-order valence-electron chi connectivity index (χ0n) is 18.9. The summed E-state index contributed by atoms with van der Waals surface area (Å²) in [5, 5.41) is 3.54. The van der Waals surface area contributed by atoms with E-state index in [0.29, 0.717) is 31.8 Å². The van der Waals surface area contributed by atoms with Gasteiger partial charge in [-0.3, -0.25) is 4.99 Å². The molecule has 172 valence electrons. The quantitative estimate of drug-likeness (QED) is 0.227. The summed E-state index contributed by atoms with van der Waals surface area (Å²) in [7, 11) is 1.86. The molecule has 0 spiro atoms. The van der Waals surface area contributed by atoms with Crippen LogP contribution in [0.3, 0.4) is 0 Å². The number of piperidine rings is 1. The van der Waals surface area contributed by atoms with Gasteiger partial charge in [0.05, 0.1) is 32.2 Å². The van der Waals surface area contributed by atoms with Gasteiger partial charge in [0.1, 0.15) is 0 Å². The summed E-state index contributed by atoms with van der Waals surface area (Å²) >= 11 is 0. The van der Waals surface area contributed by atoms with Gasteiger partial charge in [0.15, 0.2) is 5.96 Å². The molecule has 1 aliphatic heterocycles. The summed E-state index contributed by atoms with van der Waals surface area (Å²) in [5.41, 5.74) is 2.39. The van der Waals surface area contributed by atoms with Crippen LogP contribution in [0, 0.1) is 5.92 Å². The number of rotatable bonds is 9. The van der Waals surface area contributed by atoms with E-state index in [4.69, 9.17) is 9.47 Å². The second kappa shape index (κ2) is 13.7. The molecule has 1 saturated heterocycles. The van der Waals surface area contributed by atoms with E-state index < -0.39 is 0 Å². The summed E-state index contributed by atoms with van der Waals surface area (Å²) < 4.78 is 13.2. The van der Waals surface area contributed by atoms with Crippen LogP contribution in [0.1, 0.15) is 37.4 Å². The first-order chi connectivity index (χ1) is 14.7. The number of ether oxygens (including phenoxy) is 2. The van der Waals surface area contributed by atoms with Crippen LogP contribution in [-0.2, 0) is 22.6 Å². The van der Waals surface area contributed by atoms with Gasteiger partial charge >= 0.3 is 0 Å². The van der Waals surface area contributed by atoms with Crippen molar-refractivity contribution >= 4 is 29.9 Å². The Kier molecular flexibility index (Phi) is 11.3. The highest BCUT2D eigenvalue weighted by Crippen LogP contribution is 2.27. The van der Waals surface area contributed by atoms with Crippen molar-refractivity contribution in [3.8, 4) is 0 Å². The standard InChI is InChI=1S/C23H35N5O2.HI/c1-4-29-12-13-30-17-21-7-5-6-20(14-21)15-26-23(24-3)27-10-8-19(2)22(16-27)28-11-9-25-18-28;/h5-7,9,11,14,18-19,22H,4,8,10,12-13,15-17H2,1-3H3,(H,24,26);1H. The first kappa shape index (κ1) is 25.6. The predicted molar refractivity (Wildman–Crippen MR) is 135 cm³/mol. The van der Waals surface area contributed by atoms with E-state index in [2.05, 4.69) is 62.1 Å². The topological polar surface area (TPSA) is 63.9 Å². The molecule has 2 heterocycles. The Morgan fingerprint density at radius 2 is 2.06 bits per heavy atom. The largest absolute Gasteiger partial charge is 0.379 e. The molecule has 0 amide bonds. The zero-order chi connectivity index (χ0) is 21.2. The molecule has 7 nitrogen and oxygen atoms in total. The van der Waals surface area contributed by atoms with E-state index >= 15 is 0 Å². The summed E-state index contributed by atoms with van der Waals surface area (Å²) in [6.07, 6.45) is 6.97. The monoisotopic (exact) mass is 541 g/mol. The lowest BCUT2D eigenvalue weighted by Gasteiger charge is -2.39. The Bertz CT molecular complexity index is 784. The number of hydrogen-bond donors (Lipinski definition) is 1. The number of imidazole rings is 1. The first-order valence-corrected chi connectivity index (χ1v) is 10.9. The lowest BCUT2D eigenvalue weighted by atomic mass is 9.93. The van der Waals surface area contributed by atoms with E-state index in [1.54, 1.807) is 0 Å². The van der Waals surface area contributed by atoms with Crippen molar-refractivity contribution in [2.75, 3.05) is 40.0 Å². The maximum Gasteiger partial charge on any atom is 0.193 e. The van der Waals surface area contributed by atoms with Gasteiger partial charge in [-0.15, -0.1) is 24.0 Å². The number of aromatic nitrogens is 2. The maximum absolute atomic E-state index is 5.69. The molecule has 8 heteroatoms. The molecule has 31 heavy (non-hydrogen) atoms. The highest BCUT2D eigenvalue weighted by Gasteiger charge is 2.28. The van der Waals surface area contributed by atoms with Gasteiger partial charge in [0.25, 0.3) is 0 Å². The number of nitrogens with one attached hydrogen (secondary N) is 1. The zero-order valence-corrected chi connectivity index (χ0v) is 21.2. The summed E-state index contributed by atoms with van der Waals surface area (Å²) in [4.78, 5) is 11.1. The first-order valence-electron chi connectivity index (χ1n) is 10.9. The van der Waals surface area contributed by atoms with Crippen molar-refractivity contribution in [3.05, 3.63) is 54.1 Å². The van der Waals surface area contributed by atoms with Crippen molar-refractivity contribution in [1.29, 1.82) is 0 Å². The molecular formula is C23H36IN5O2. The Labute approximate surface area is 203 Å². The van der Waals surface area contributed by atoms with E-state index in [0.717, 1.165) is 38.6 Å². The fourth-order valence-electron chi connectivity index (χ4n) is 3.89. The van der Waals surface area contributed by atoms with Crippen LogP contribution in [0.15, 0.2) is 48.0 Å². The van der Waals surface area contributed by atoms with Crippen molar-refractivity contribution < 1.29 is 9.47 Å². The van der Waals surface area contributed by atoms with Crippen LogP contribution in [-0.4, -0.2) is 60.4 Å². The summed E-state index contributed by atoms with van der Waals surface area (Å²) in [6.45, 7) is 9.59.